The fourth-order valence-corrected chi connectivity index (χ4v) is 6.08. The smallest absolute Gasteiger partial charge is 0.422 e. The number of ether oxygens (including phenoxy) is 2. The van der Waals surface area contributed by atoms with E-state index in [1.165, 1.54) is 12.3 Å². The van der Waals surface area contributed by atoms with Gasteiger partial charge in [-0.15, -0.1) is 5.69 Å². The van der Waals surface area contributed by atoms with E-state index in [0.29, 0.717) is 66.7 Å². The van der Waals surface area contributed by atoms with Crippen molar-refractivity contribution in [3.05, 3.63) is 114 Å². The average Bonchev–Trinajstić information content (AvgIpc) is 3.71. The van der Waals surface area contributed by atoms with Crippen molar-refractivity contribution in [1.29, 1.82) is 0 Å². The lowest BCUT2D eigenvalue weighted by atomic mass is 10.2. The van der Waals surface area contributed by atoms with Crippen LogP contribution in [-0.4, -0.2) is 77.2 Å². The van der Waals surface area contributed by atoms with Crippen molar-refractivity contribution in [2.45, 2.75) is 17.8 Å². The van der Waals surface area contributed by atoms with Crippen LogP contribution in [-0.2, 0) is 23.7 Å². The molecular weight excluding hydrogens is 703 g/mol. The van der Waals surface area contributed by atoms with Crippen molar-refractivity contribution < 1.29 is 44.8 Å². The van der Waals surface area contributed by atoms with E-state index in [2.05, 4.69) is 9.88 Å². The summed E-state index contributed by atoms with van der Waals surface area (Å²) in [5.41, 5.74) is 10.7. The van der Waals surface area contributed by atoms with E-state index in [4.69, 9.17) is 24.2 Å². The lowest BCUT2D eigenvalue weighted by Gasteiger charge is -2.34. The Labute approximate surface area is 296 Å². The maximum Gasteiger partial charge on any atom is 0.422 e. The second-order valence-corrected chi connectivity index (χ2v) is 13.3. The maximum atomic E-state index is 13.4. The summed E-state index contributed by atoms with van der Waals surface area (Å²) in [4.78, 5) is 21.5. The van der Waals surface area contributed by atoms with Crippen LogP contribution in [0.15, 0.2) is 107 Å². The molecule has 3 aromatic heterocycles. The first kappa shape index (κ1) is 36.2. The highest BCUT2D eigenvalue weighted by molar-refractivity contribution is 7.85. The minimum absolute atomic E-state index is 0.0466. The highest BCUT2D eigenvalue weighted by Crippen LogP contribution is 2.28. The summed E-state index contributed by atoms with van der Waals surface area (Å²) >= 11 is 0. The summed E-state index contributed by atoms with van der Waals surface area (Å²) in [5, 5.41) is 1.15. The normalized spacial score (nSPS) is 13.9. The predicted octanol–water partition coefficient (Wildman–Crippen LogP) is 7.63. The number of amides is 1. The zero-order valence-electron chi connectivity index (χ0n) is 27.7. The molecule has 0 radical (unpaired) electrons. The quantitative estimate of drug-likeness (QED) is 0.156. The van der Waals surface area contributed by atoms with Crippen LogP contribution in [0.3, 0.4) is 0 Å². The van der Waals surface area contributed by atoms with Gasteiger partial charge < -0.3 is 29.1 Å². The second-order valence-electron chi connectivity index (χ2n) is 12.0. The van der Waals surface area contributed by atoms with Crippen LogP contribution in [0.25, 0.3) is 27.6 Å². The van der Waals surface area contributed by atoms with E-state index in [-0.39, 0.29) is 11.7 Å². The molecule has 52 heavy (non-hydrogen) atoms. The monoisotopic (exact) mass is 736 g/mol. The Balaban J connectivity index is 0.000000299. The molecule has 0 unspecified atom stereocenters. The molecule has 3 aromatic carbocycles. The Kier molecular flexibility index (Phi) is 10.4. The van der Waals surface area contributed by atoms with E-state index < -0.39 is 28.0 Å². The van der Waals surface area contributed by atoms with Crippen molar-refractivity contribution in [2.24, 2.45) is 7.05 Å². The number of aromatic nitrogens is 2. The number of hydrogen-bond acceptors (Lipinski definition) is 8. The number of nitrogens with zero attached hydrogens (tertiary/aromatic N) is 4. The summed E-state index contributed by atoms with van der Waals surface area (Å²) in [6.07, 6.45) is -2.95. The van der Waals surface area contributed by atoms with E-state index in [0.717, 1.165) is 16.5 Å². The highest BCUT2D eigenvalue weighted by Gasteiger charge is 2.28. The molecule has 4 heterocycles. The Morgan fingerprint density at radius 2 is 1.63 bits per heavy atom. The van der Waals surface area contributed by atoms with Gasteiger partial charge in [-0.1, -0.05) is 36.4 Å². The third kappa shape index (κ3) is 9.01. The Morgan fingerprint density at radius 3 is 2.29 bits per heavy atom. The molecule has 16 heteroatoms. The van der Waals surface area contributed by atoms with Crippen molar-refractivity contribution in [3.8, 4) is 17.4 Å². The van der Waals surface area contributed by atoms with Crippen molar-refractivity contribution >= 4 is 43.6 Å². The first-order valence-electron chi connectivity index (χ1n) is 15.9. The van der Waals surface area contributed by atoms with Gasteiger partial charge >= 0.3 is 16.3 Å². The van der Waals surface area contributed by atoms with Crippen LogP contribution < -0.4 is 9.47 Å². The molecule has 1 saturated heterocycles. The van der Waals surface area contributed by atoms with E-state index in [1.807, 2.05) is 40.8 Å². The summed E-state index contributed by atoms with van der Waals surface area (Å²) in [7, 11) is -2.38. The number of alkyl halides is 3. The fourth-order valence-electron chi connectivity index (χ4n) is 5.61. The van der Waals surface area contributed by atoms with Crippen molar-refractivity contribution in [3.63, 3.8) is 0 Å². The molecule has 0 bridgehead atoms. The largest absolute Gasteiger partial charge is 0.697 e. The van der Waals surface area contributed by atoms with Gasteiger partial charge in [-0.2, -0.15) is 21.6 Å². The third-order valence-electron chi connectivity index (χ3n) is 8.24. The van der Waals surface area contributed by atoms with Gasteiger partial charge in [0.15, 0.2) is 6.61 Å². The van der Waals surface area contributed by atoms with Crippen molar-refractivity contribution in [2.75, 3.05) is 32.8 Å². The van der Waals surface area contributed by atoms with Gasteiger partial charge in [0, 0.05) is 68.9 Å². The van der Waals surface area contributed by atoms with Crippen LogP contribution >= 0.6 is 0 Å². The lowest BCUT2D eigenvalue weighted by Crippen LogP contribution is -2.48. The Hall–Kier alpha value is -5.58. The molecule has 2 N–H and O–H groups in total. The molecule has 272 valence electrons. The number of piperazine rings is 1. The number of pyridine rings is 1. The third-order valence-corrected chi connectivity index (χ3v) is 8.95. The first-order chi connectivity index (χ1) is 24.7. The van der Waals surface area contributed by atoms with E-state index >= 15 is 0 Å². The number of furan rings is 1. The fraction of sp³-hybridized carbons (Fsp3) is 0.222. The molecule has 12 nitrogen and oxygen atoms in total. The molecule has 1 aliphatic heterocycles. The van der Waals surface area contributed by atoms with Gasteiger partial charge in [-0.3, -0.25) is 14.2 Å². The molecule has 7 rings (SSSR count). The number of halogens is 3. The number of fused-ring (bicyclic) bond motifs is 2. The molecule has 1 aliphatic rings. The number of rotatable bonds is 8. The van der Waals surface area contributed by atoms with Crippen LogP contribution in [0.4, 0.5) is 18.9 Å². The predicted molar refractivity (Wildman–Crippen MR) is 186 cm³/mol. The SMILES string of the molecule is Cn1c(C(=O)N2CCN(Cc3ccc(OCC(F)(F)F)cc3)CC2)cc2ccc(Oc3ccc([NH-])cn3)cc21.O=S(=O)(O)c1cc2ccccc2o1. The number of benzene rings is 3. The maximum absolute atomic E-state index is 13.4. The summed E-state index contributed by atoms with van der Waals surface area (Å²) < 4.78 is 84.3. The molecule has 0 saturated carbocycles. The lowest BCUT2D eigenvalue weighted by molar-refractivity contribution is -0.153. The topological polar surface area (TPSA) is 151 Å². The number of carbonyl (C=O) groups excluding carboxylic acids is 1. The summed E-state index contributed by atoms with van der Waals surface area (Å²) in [5.74, 6) is 1.11. The number of aryl methyl sites for hydroxylation is 1. The van der Waals surface area contributed by atoms with Gasteiger partial charge in [0.2, 0.25) is 11.0 Å². The second kappa shape index (κ2) is 15.0. The number of hydrogen-bond donors (Lipinski definition) is 1. The number of nitrogens with one attached hydrogen (secondary N) is 1. The molecule has 0 spiro atoms. The molecular formula is C36H33F3N5O7S-. The molecule has 0 atom stereocenters. The standard InChI is InChI=1S/C28H27F3N5O3.C8H6O4S/c1-34-24-15-23(39-26-9-5-21(32)16-33-26)8-4-20(24)14-25(34)27(37)36-12-10-35(11-13-36)17-19-2-6-22(7-3-19)38-18-28(29,30)31;9-13(10,11)8-5-6-3-1-2-4-7(6)12-8/h2-9,14-16,32H,10-13,17-18H2,1H3;1-5H,(H,9,10,11)/q-1;. The van der Waals surface area contributed by atoms with Crippen LogP contribution in [0, 0.1) is 0 Å². The zero-order chi connectivity index (χ0) is 37.0. The van der Waals surface area contributed by atoms with Crippen LogP contribution in [0.1, 0.15) is 16.1 Å². The van der Waals surface area contributed by atoms with Crippen LogP contribution in [0.2, 0.25) is 0 Å². The number of para-hydroxylation sites is 1. The average molecular weight is 737 g/mol. The first-order valence-corrected chi connectivity index (χ1v) is 17.4. The minimum atomic E-state index is -4.37. The van der Waals surface area contributed by atoms with Gasteiger partial charge in [0.1, 0.15) is 22.8 Å². The van der Waals surface area contributed by atoms with Crippen LogP contribution in [0.5, 0.6) is 17.4 Å². The molecule has 1 amide bonds. The Bertz CT molecular complexity index is 2250. The zero-order valence-corrected chi connectivity index (χ0v) is 28.5. The molecule has 0 aliphatic carbocycles. The van der Waals surface area contributed by atoms with Gasteiger partial charge in [0.25, 0.3) is 5.91 Å². The minimum Gasteiger partial charge on any atom is -0.697 e. The summed E-state index contributed by atoms with van der Waals surface area (Å²) in [6.45, 7) is 1.83. The van der Waals surface area contributed by atoms with Crippen molar-refractivity contribution in [1.82, 2.24) is 19.4 Å². The van der Waals surface area contributed by atoms with E-state index in [1.54, 1.807) is 60.7 Å². The van der Waals surface area contributed by atoms with Gasteiger partial charge in [-0.25, -0.2) is 4.98 Å². The van der Waals surface area contributed by atoms with E-state index in [9.17, 15) is 26.4 Å². The summed E-state index contributed by atoms with van der Waals surface area (Å²) in [6, 6.07) is 25.4. The molecule has 1 fully saturated rings. The van der Waals surface area contributed by atoms with Gasteiger partial charge in [-0.05, 0) is 48.0 Å². The highest BCUT2D eigenvalue weighted by atomic mass is 32.2. The number of carbonyl (C=O) groups is 1. The van der Waals surface area contributed by atoms with Gasteiger partial charge in [0.05, 0.1) is 5.52 Å². The molecule has 6 aromatic rings. The Morgan fingerprint density at radius 1 is 0.923 bits per heavy atom.